The van der Waals surface area contributed by atoms with E-state index >= 15 is 0 Å². The Bertz CT molecular complexity index is 481. The molecule has 1 aromatic rings. The largest absolute Gasteiger partial charge is 0.464 e. The smallest absolute Gasteiger partial charge is 0.354 e. The van der Waals surface area contributed by atoms with E-state index in [1.165, 1.54) is 13.5 Å². The van der Waals surface area contributed by atoms with Crippen molar-refractivity contribution >= 4 is 18.1 Å². The fourth-order valence-corrected chi connectivity index (χ4v) is 2.05. The lowest BCUT2D eigenvalue weighted by molar-refractivity contribution is 0.0594. The summed E-state index contributed by atoms with van der Waals surface area (Å²) in [5.74, 6) is 1.12. The zero-order chi connectivity index (χ0) is 11.7. The Balaban J connectivity index is 0.000000459. The van der Waals surface area contributed by atoms with Crippen LogP contribution in [0, 0.1) is 11.8 Å². The number of fused-ring (bicyclic) bond motifs is 2. The van der Waals surface area contributed by atoms with Crippen LogP contribution in [0.3, 0.4) is 0 Å². The summed E-state index contributed by atoms with van der Waals surface area (Å²) in [5, 5.41) is 2.22. The highest BCUT2D eigenvalue weighted by atomic mass is 16.5. The first-order valence-corrected chi connectivity index (χ1v) is 5.79. The van der Waals surface area contributed by atoms with Gasteiger partial charge in [0.05, 0.1) is 7.11 Å². The van der Waals surface area contributed by atoms with Crippen LogP contribution in [-0.4, -0.2) is 18.1 Å². The number of hydrogen-bond acceptors (Lipinski definition) is 2. The van der Waals surface area contributed by atoms with E-state index in [0.717, 1.165) is 10.6 Å². The summed E-state index contributed by atoms with van der Waals surface area (Å²) >= 11 is 0. The number of esters is 1. The van der Waals surface area contributed by atoms with Crippen LogP contribution in [0.15, 0.2) is 6.07 Å². The second-order valence-corrected chi connectivity index (χ2v) is 3.94. The normalized spacial score (nSPS) is 23.7. The van der Waals surface area contributed by atoms with Gasteiger partial charge < -0.3 is 9.72 Å². The summed E-state index contributed by atoms with van der Waals surface area (Å²) in [6.07, 6.45) is 5.71. The summed E-state index contributed by atoms with van der Waals surface area (Å²) in [6.45, 7) is 4.00. The number of hydrogen-bond donors (Lipinski definition) is 1. The molecule has 1 N–H and O–H groups in total. The quantitative estimate of drug-likeness (QED) is 0.726. The van der Waals surface area contributed by atoms with Crippen molar-refractivity contribution in [2.75, 3.05) is 7.11 Å². The number of methoxy groups -OCH3 is 1. The van der Waals surface area contributed by atoms with Gasteiger partial charge in [0.25, 0.3) is 0 Å². The molecule has 0 spiro atoms. The number of aromatic amines is 1. The average molecular weight is 221 g/mol. The minimum absolute atomic E-state index is 0. The highest BCUT2D eigenvalue weighted by Gasteiger charge is 2.34. The highest BCUT2D eigenvalue weighted by molar-refractivity contribution is 5.87. The number of carbonyl (C=O) groups is 1. The Morgan fingerprint density at radius 1 is 1.44 bits per heavy atom. The Labute approximate surface area is 96.3 Å². The van der Waals surface area contributed by atoms with Gasteiger partial charge in [0.2, 0.25) is 0 Å². The van der Waals surface area contributed by atoms with Crippen LogP contribution in [0.5, 0.6) is 0 Å². The summed E-state index contributed by atoms with van der Waals surface area (Å²) < 4.78 is 4.65. The number of carbonyl (C=O) groups excluding carboxylic acids is 1. The molecular formula is C13H19NO2. The highest BCUT2D eigenvalue weighted by Crippen LogP contribution is 2.41. The number of rotatable bonds is 1. The molecule has 0 saturated heterocycles. The summed E-state index contributed by atoms with van der Waals surface area (Å²) in [7, 11) is 1.40. The van der Waals surface area contributed by atoms with Crippen molar-refractivity contribution in [2.45, 2.75) is 20.3 Å². The van der Waals surface area contributed by atoms with E-state index in [1.807, 2.05) is 19.9 Å². The lowest BCUT2D eigenvalue weighted by Crippen LogP contribution is -2.24. The van der Waals surface area contributed by atoms with E-state index in [4.69, 9.17) is 0 Å². The van der Waals surface area contributed by atoms with Crippen molar-refractivity contribution in [1.82, 2.24) is 4.98 Å². The molecule has 88 valence electrons. The van der Waals surface area contributed by atoms with Gasteiger partial charge in [0.15, 0.2) is 0 Å². The van der Waals surface area contributed by atoms with Crippen LogP contribution >= 0.6 is 0 Å². The zero-order valence-corrected chi connectivity index (χ0v) is 9.91. The van der Waals surface area contributed by atoms with Crippen LogP contribution < -0.4 is 10.6 Å². The number of aromatic nitrogens is 1. The zero-order valence-electron chi connectivity index (χ0n) is 9.91. The fourth-order valence-electron chi connectivity index (χ4n) is 2.05. The third-order valence-electron chi connectivity index (χ3n) is 2.95. The molecule has 16 heavy (non-hydrogen) atoms. The SMILES string of the molecule is CC.COC(=O)c1cc2c([nH]1)=CC1CC1C=2.[HH]. The van der Waals surface area contributed by atoms with Gasteiger partial charge in [-0.2, -0.15) is 0 Å². The second-order valence-electron chi connectivity index (χ2n) is 3.94. The maximum Gasteiger partial charge on any atom is 0.354 e. The molecule has 1 heterocycles. The Morgan fingerprint density at radius 2 is 2.12 bits per heavy atom. The number of H-pyrrole nitrogens is 1. The first-order chi connectivity index (χ1) is 7.78. The van der Waals surface area contributed by atoms with Gasteiger partial charge in [-0.15, -0.1) is 0 Å². The van der Waals surface area contributed by atoms with Crippen LogP contribution in [0.25, 0.3) is 12.2 Å². The Kier molecular flexibility index (Phi) is 2.86. The Hall–Kier alpha value is -1.51. The molecular weight excluding hydrogens is 202 g/mol. The number of ether oxygens (including phenoxy) is 1. The molecule has 3 nitrogen and oxygen atoms in total. The van der Waals surface area contributed by atoms with E-state index in [9.17, 15) is 4.79 Å². The molecule has 3 heteroatoms. The molecule has 1 fully saturated rings. The predicted octanol–water partition coefficient (Wildman–Crippen LogP) is 1.28. The average Bonchev–Trinajstić information content (AvgIpc) is 2.95. The molecule has 2 aliphatic rings. The van der Waals surface area contributed by atoms with E-state index < -0.39 is 0 Å². The molecule has 0 aromatic carbocycles. The van der Waals surface area contributed by atoms with Crippen molar-refractivity contribution in [3.05, 3.63) is 22.3 Å². The molecule has 0 bridgehead atoms. The van der Waals surface area contributed by atoms with Crippen molar-refractivity contribution in [1.29, 1.82) is 0 Å². The van der Waals surface area contributed by atoms with Crippen molar-refractivity contribution in [2.24, 2.45) is 11.8 Å². The standard InChI is InChI=1S/C11H11NO2.C2H6.H2/c1-14-11(13)10-5-8-3-6-2-7(6)4-9(8)12-10;1-2;/h3-7,12H,2H2,1H3;1-2H3;1H. The van der Waals surface area contributed by atoms with E-state index in [0.29, 0.717) is 17.5 Å². The molecule has 0 aliphatic heterocycles. The van der Waals surface area contributed by atoms with Crippen molar-refractivity contribution < 1.29 is 11.0 Å². The topological polar surface area (TPSA) is 42.1 Å². The van der Waals surface area contributed by atoms with E-state index in [1.54, 1.807) is 0 Å². The number of nitrogens with one attached hydrogen (secondary N) is 1. The summed E-state index contributed by atoms with van der Waals surface area (Å²) in [5.41, 5.74) is 0.548. The minimum Gasteiger partial charge on any atom is -0.464 e. The molecule has 3 rings (SSSR count). The van der Waals surface area contributed by atoms with Gasteiger partial charge in [-0.05, 0) is 29.5 Å². The van der Waals surface area contributed by atoms with Crippen LogP contribution in [0.2, 0.25) is 0 Å². The van der Waals surface area contributed by atoms with Crippen molar-refractivity contribution in [3.63, 3.8) is 0 Å². The third-order valence-corrected chi connectivity index (χ3v) is 2.95. The van der Waals surface area contributed by atoms with Gasteiger partial charge in [-0.25, -0.2) is 4.79 Å². The first kappa shape index (κ1) is 11.0. The molecule has 2 aliphatic carbocycles. The molecule has 2 unspecified atom stereocenters. The maximum absolute atomic E-state index is 11.2. The summed E-state index contributed by atoms with van der Waals surface area (Å²) in [4.78, 5) is 14.3. The van der Waals surface area contributed by atoms with Gasteiger partial charge in [-0.1, -0.05) is 26.0 Å². The van der Waals surface area contributed by atoms with E-state index in [-0.39, 0.29) is 7.40 Å². The molecule has 1 aromatic heterocycles. The van der Waals surface area contributed by atoms with Gasteiger partial charge in [-0.3, -0.25) is 0 Å². The lowest BCUT2D eigenvalue weighted by Gasteiger charge is -1.92. The van der Waals surface area contributed by atoms with Gasteiger partial charge in [0, 0.05) is 6.78 Å². The van der Waals surface area contributed by atoms with Crippen LogP contribution in [0.4, 0.5) is 0 Å². The van der Waals surface area contributed by atoms with Gasteiger partial charge >= 0.3 is 5.97 Å². The van der Waals surface area contributed by atoms with Crippen LogP contribution in [-0.2, 0) is 4.74 Å². The fraction of sp³-hybridized carbons (Fsp3) is 0.462. The molecule has 0 radical (unpaired) electrons. The monoisotopic (exact) mass is 221 g/mol. The van der Waals surface area contributed by atoms with Gasteiger partial charge in [0.1, 0.15) is 5.69 Å². The van der Waals surface area contributed by atoms with Crippen LogP contribution in [0.1, 0.15) is 32.2 Å². The first-order valence-electron chi connectivity index (χ1n) is 5.79. The maximum atomic E-state index is 11.2. The van der Waals surface area contributed by atoms with E-state index in [2.05, 4.69) is 21.9 Å². The summed E-state index contributed by atoms with van der Waals surface area (Å²) in [6, 6.07) is 1.87. The Morgan fingerprint density at radius 3 is 2.81 bits per heavy atom. The molecule has 0 amide bonds. The van der Waals surface area contributed by atoms with Crippen molar-refractivity contribution in [3.8, 4) is 0 Å². The second kappa shape index (κ2) is 4.16. The molecule has 2 atom stereocenters. The lowest BCUT2D eigenvalue weighted by atomic mass is 10.2. The third kappa shape index (κ3) is 1.77. The predicted molar refractivity (Wildman–Crippen MR) is 65.4 cm³/mol. The molecule has 1 saturated carbocycles. The minimum atomic E-state index is -0.296.